The van der Waals surface area contributed by atoms with Gasteiger partial charge in [-0.3, -0.25) is 14.4 Å². The maximum atomic E-state index is 12.3. The summed E-state index contributed by atoms with van der Waals surface area (Å²) in [6.07, 6.45) is 3.90. The normalized spacial score (nSPS) is 12.8. The first-order chi connectivity index (χ1) is 17.5. The van der Waals surface area contributed by atoms with E-state index in [0.29, 0.717) is 45.8 Å². The number of Topliss-reactive ketones (excluding diaryl/α,β-unsaturated/α-hetero) is 1. The molecule has 2 amide bonds. The molecule has 0 radical (unpaired) electrons. The van der Waals surface area contributed by atoms with Crippen molar-refractivity contribution in [1.29, 1.82) is 0 Å². The molecule has 0 aromatic heterocycles. The van der Waals surface area contributed by atoms with Crippen LogP contribution in [0.4, 0.5) is 0 Å². The number of rotatable bonds is 20. The predicted molar refractivity (Wildman–Crippen MR) is 160 cm³/mol. The van der Waals surface area contributed by atoms with Crippen LogP contribution in [-0.2, 0) is 23.6 Å². The molecule has 0 saturated heterocycles. The molecule has 9 nitrogen and oxygen atoms in total. The smallest absolute Gasteiger partial charge is 0.221 e. The number of ketones is 1. The van der Waals surface area contributed by atoms with Crippen molar-refractivity contribution >= 4 is 27.1 Å². The lowest BCUT2D eigenvalue weighted by Gasteiger charge is -2.28. The fraction of sp³-hybridized carbons (Fsp3) is 0.893. The highest BCUT2D eigenvalue weighted by atomic mass is 31.0. The number of hydrogen-bond donors (Lipinski definition) is 4. The highest BCUT2D eigenvalue weighted by molar-refractivity contribution is 7.09. The largest absolute Gasteiger partial charge is 0.380 e. The third-order valence-electron chi connectivity index (χ3n) is 5.86. The molecule has 0 aliphatic carbocycles. The van der Waals surface area contributed by atoms with Gasteiger partial charge in [0.25, 0.3) is 0 Å². The minimum atomic E-state index is -0.505. The first-order valence-corrected chi connectivity index (χ1v) is 14.3. The van der Waals surface area contributed by atoms with E-state index in [4.69, 9.17) is 15.0 Å². The standard InChI is InChI=1S/C24H48N3O5P.C4H11N/c1-18(28)19(27-21(30)13-23(4,5)17-32-33)10-8-9-11-26-20(29)12-22(2,3)15-31-16-24(6,7)14-25;1-3-4-5-2/h19H,8-17,25,33H2,1-7H3,(H,26,29)(H,27,30);5H,3-4H2,1-2H3. The highest BCUT2D eigenvalue weighted by Gasteiger charge is 2.26. The average Bonchev–Trinajstić information content (AvgIpc) is 2.77. The minimum absolute atomic E-state index is 0.0170. The van der Waals surface area contributed by atoms with Crippen LogP contribution in [0.5, 0.6) is 0 Å². The van der Waals surface area contributed by atoms with Gasteiger partial charge in [0, 0.05) is 34.3 Å². The fourth-order valence-corrected chi connectivity index (χ4v) is 3.95. The van der Waals surface area contributed by atoms with Crippen molar-refractivity contribution in [1.82, 2.24) is 16.0 Å². The van der Waals surface area contributed by atoms with Crippen LogP contribution in [0.1, 0.15) is 93.9 Å². The van der Waals surface area contributed by atoms with Crippen molar-refractivity contribution in [3.05, 3.63) is 0 Å². The summed E-state index contributed by atoms with van der Waals surface area (Å²) in [7, 11) is 4.15. The lowest BCUT2D eigenvalue weighted by molar-refractivity contribution is -0.128. The Hall–Kier alpha value is -1.12. The minimum Gasteiger partial charge on any atom is -0.380 e. The molecule has 0 rings (SSSR count). The van der Waals surface area contributed by atoms with E-state index in [1.54, 1.807) is 0 Å². The van der Waals surface area contributed by atoms with E-state index >= 15 is 0 Å². The molecule has 2 atom stereocenters. The maximum absolute atomic E-state index is 12.3. The molecular weight excluding hydrogens is 503 g/mol. The summed E-state index contributed by atoms with van der Waals surface area (Å²) >= 11 is 0. The topological polar surface area (TPSA) is 132 Å². The molecule has 10 heteroatoms. The Labute approximate surface area is 235 Å². The summed E-state index contributed by atoms with van der Waals surface area (Å²) in [5.74, 6) is -0.237. The zero-order chi connectivity index (χ0) is 29.8. The first-order valence-electron chi connectivity index (χ1n) is 13.9. The van der Waals surface area contributed by atoms with E-state index in [-0.39, 0.29) is 40.3 Å². The van der Waals surface area contributed by atoms with Gasteiger partial charge in [0.15, 0.2) is 5.78 Å². The van der Waals surface area contributed by atoms with Crippen molar-refractivity contribution in [3.63, 3.8) is 0 Å². The molecule has 0 aliphatic rings. The van der Waals surface area contributed by atoms with Crippen LogP contribution in [0.15, 0.2) is 0 Å². The van der Waals surface area contributed by atoms with E-state index in [1.165, 1.54) is 13.3 Å². The number of nitrogens with two attached hydrogens (primary N) is 1. The van der Waals surface area contributed by atoms with Crippen molar-refractivity contribution < 1.29 is 23.6 Å². The second-order valence-corrected chi connectivity index (χ2v) is 12.9. The zero-order valence-electron chi connectivity index (χ0n) is 25.8. The Morgan fingerprint density at radius 3 is 1.89 bits per heavy atom. The van der Waals surface area contributed by atoms with Crippen molar-refractivity contribution in [2.24, 2.45) is 22.0 Å². The van der Waals surface area contributed by atoms with Gasteiger partial charge in [0.1, 0.15) is 0 Å². The lowest BCUT2D eigenvalue weighted by atomic mass is 9.89. The Balaban J connectivity index is 0. The van der Waals surface area contributed by atoms with Gasteiger partial charge in [-0.15, -0.1) is 0 Å². The fourth-order valence-electron chi connectivity index (χ4n) is 3.50. The van der Waals surface area contributed by atoms with Gasteiger partial charge in [0.2, 0.25) is 11.8 Å². The second-order valence-electron chi connectivity index (χ2n) is 12.5. The quantitative estimate of drug-likeness (QED) is 0.132. The lowest BCUT2D eigenvalue weighted by Crippen LogP contribution is -2.42. The highest BCUT2D eigenvalue weighted by Crippen LogP contribution is 2.23. The van der Waals surface area contributed by atoms with Crippen molar-refractivity contribution in [3.8, 4) is 0 Å². The molecule has 0 aliphatic heterocycles. The Morgan fingerprint density at radius 1 is 0.868 bits per heavy atom. The number of hydrogen-bond acceptors (Lipinski definition) is 7. The molecule has 226 valence electrons. The van der Waals surface area contributed by atoms with Gasteiger partial charge < -0.3 is 30.9 Å². The van der Waals surface area contributed by atoms with Gasteiger partial charge in [-0.05, 0) is 63.6 Å². The average molecular weight is 563 g/mol. The van der Waals surface area contributed by atoms with Crippen LogP contribution in [0, 0.1) is 16.2 Å². The molecule has 0 aromatic rings. The van der Waals surface area contributed by atoms with Crippen LogP contribution in [0.2, 0.25) is 0 Å². The van der Waals surface area contributed by atoms with Crippen LogP contribution in [0.25, 0.3) is 0 Å². The molecule has 0 saturated carbocycles. The number of carbonyl (C=O) groups is 3. The van der Waals surface area contributed by atoms with E-state index in [1.807, 2.05) is 34.7 Å². The van der Waals surface area contributed by atoms with Crippen molar-refractivity contribution in [2.75, 3.05) is 46.5 Å². The predicted octanol–water partition coefficient (Wildman–Crippen LogP) is 3.60. The summed E-state index contributed by atoms with van der Waals surface area (Å²) in [6.45, 7) is 19.3. The first kappa shape index (κ1) is 39.0. The number of carbonyl (C=O) groups excluding carboxylic acids is 3. The maximum Gasteiger partial charge on any atom is 0.221 e. The van der Waals surface area contributed by atoms with Gasteiger partial charge >= 0.3 is 0 Å². The third kappa shape index (κ3) is 22.8. The Morgan fingerprint density at radius 2 is 1.42 bits per heavy atom. The monoisotopic (exact) mass is 562 g/mol. The summed E-state index contributed by atoms with van der Waals surface area (Å²) in [6, 6.07) is -0.505. The van der Waals surface area contributed by atoms with Crippen LogP contribution in [0.3, 0.4) is 0 Å². The summed E-state index contributed by atoms with van der Waals surface area (Å²) in [5.41, 5.74) is 5.07. The van der Waals surface area contributed by atoms with E-state index in [0.717, 1.165) is 19.4 Å². The van der Waals surface area contributed by atoms with Crippen LogP contribution in [-0.4, -0.2) is 70.1 Å². The summed E-state index contributed by atoms with van der Waals surface area (Å²) in [5, 5.41) is 8.80. The van der Waals surface area contributed by atoms with E-state index in [2.05, 4.69) is 46.2 Å². The number of nitrogens with one attached hydrogen (secondary N) is 3. The van der Waals surface area contributed by atoms with Gasteiger partial charge in [0.05, 0.1) is 25.9 Å². The van der Waals surface area contributed by atoms with Crippen LogP contribution < -0.4 is 21.7 Å². The van der Waals surface area contributed by atoms with Crippen LogP contribution >= 0.6 is 9.47 Å². The molecule has 2 unspecified atom stereocenters. The molecule has 0 aromatic carbocycles. The number of amides is 2. The molecular formula is C28H59N4O5P. The zero-order valence-corrected chi connectivity index (χ0v) is 26.9. The van der Waals surface area contributed by atoms with Crippen molar-refractivity contribution in [2.45, 2.75) is 100.0 Å². The summed E-state index contributed by atoms with van der Waals surface area (Å²) in [4.78, 5) is 36.5. The molecule has 0 spiro atoms. The molecule has 0 heterocycles. The van der Waals surface area contributed by atoms with Gasteiger partial charge in [-0.25, -0.2) is 0 Å². The number of unbranched alkanes of at least 4 members (excludes halogenated alkanes) is 1. The second kappa shape index (κ2) is 20.7. The van der Waals surface area contributed by atoms with Gasteiger partial charge in [-0.1, -0.05) is 48.5 Å². The Kier molecular flexibility index (Phi) is 21.3. The molecule has 5 N–H and O–H groups in total. The SMILES string of the molecule is CC(=O)C(CCCCNC(=O)CC(C)(C)COCC(C)(C)CN)NC(=O)CC(C)(C)COP.CCCNC. The molecule has 38 heavy (non-hydrogen) atoms. The Bertz CT molecular complexity index is 670. The van der Waals surface area contributed by atoms with E-state index in [9.17, 15) is 14.4 Å². The third-order valence-corrected chi connectivity index (χ3v) is 6.02. The molecule has 0 fully saturated rings. The molecule has 0 bridgehead atoms. The number of ether oxygens (including phenoxy) is 1. The summed E-state index contributed by atoms with van der Waals surface area (Å²) < 4.78 is 10.8. The van der Waals surface area contributed by atoms with E-state index < -0.39 is 6.04 Å². The van der Waals surface area contributed by atoms with Gasteiger partial charge in [-0.2, -0.15) is 0 Å².